The van der Waals surface area contributed by atoms with E-state index in [1.807, 2.05) is 0 Å². The number of aromatic nitrogens is 5. The number of fused-ring (bicyclic) bond motifs is 6. The first-order chi connectivity index (χ1) is 10.1. The van der Waals surface area contributed by atoms with Crippen LogP contribution in [0.15, 0.2) is 9.59 Å². The minimum absolute atomic E-state index is 0.0367. The molecule has 0 spiro atoms. The zero-order chi connectivity index (χ0) is 14.3. The molecular formula is C10H7N5O5S. The SMILES string of the molecule is O=c1[nH]c(=O)n2c3c1nnn3C[C@H]1O[C@@H]2C2OC(=S)OC21. The second-order valence-corrected chi connectivity index (χ2v) is 5.39. The van der Waals surface area contributed by atoms with E-state index in [1.165, 1.54) is 9.25 Å². The summed E-state index contributed by atoms with van der Waals surface area (Å²) in [5.74, 6) is 0. The highest BCUT2D eigenvalue weighted by atomic mass is 32.1. The molecule has 2 bridgehead atoms. The van der Waals surface area contributed by atoms with Crippen molar-refractivity contribution in [3.8, 4) is 0 Å². The Kier molecular flexibility index (Phi) is 1.89. The van der Waals surface area contributed by atoms with Crippen LogP contribution in [0.5, 0.6) is 0 Å². The van der Waals surface area contributed by atoms with Crippen molar-refractivity contribution in [1.29, 1.82) is 0 Å². The predicted octanol–water partition coefficient (Wildman–Crippen LogP) is -1.74. The number of H-pyrrole nitrogens is 1. The number of nitrogens with zero attached hydrogens (tertiary/aromatic N) is 4. The summed E-state index contributed by atoms with van der Waals surface area (Å²) >= 11 is 4.92. The monoisotopic (exact) mass is 309 g/mol. The molecule has 10 nitrogen and oxygen atoms in total. The van der Waals surface area contributed by atoms with E-state index in [2.05, 4.69) is 15.3 Å². The fraction of sp³-hybridized carbons (Fsp3) is 0.500. The summed E-state index contributed by atoms with van der Waals surface area (Å²) in [4.78, 5) is 26.2. The summed E-state index contributed by atoms with van der Waals surface area (Å²) in [6.07, 6.45) is -2.07. The molecule has 11 heteroatoms. The normalized spacial score (nSPS) is 32.7. The Balaban J connectivity index is 1.85. The second kappa shape index (κ2) is 3.49. The Bertz CT molecular complexity index is 915. The minimum Gasteiger partial charge on any atom is -0.447 e. The number of nitrogens with one attached hydrogen (secondary N) is 1. The Labute approximate surface area is 120 Å². The van der Waals surface area contributed by atoms with E-state index in [4.69, 9.17) is 26.4 Å². The van der Waals surface area contributed by atoms with E-state index >= 15 is 0 Å². The molecule has 2 aromatic rings. The van der Waals surface area contributed by atoms with Crippen LogP contribution in [-0.4, -0.2) is 48.1 Å². The summed E-state index contributed by atoms with van der Waals surface area (Å²) < 4.78 is 19.5. The average molecular weight is 309 g/mol. The molecule has 3 aliphatic rings. The molecule has 0 aliphatic carbocycles. The fourth-order valence-corrected chi connectivity index (χ4v) is 3.34. The Morgan fingerprint density at radius 2 is 2.10 bits per heavy atom. The van der Waals surface area contributed by atoms with Gasteiger partial charge in [0.05, 0.1) is 6.54 Å². The topological polar surface area (TPSA) is 113 Å². The third-order valence-electron chi connectivity index (χ3n) is 3.95. The van der Waals surface area contributed by atoms with Crippen LogP contribution in [-0.2, 0) is 20.8 Å². The van der Waals surface area contributed by atoms with Crippen LogP contribution in [0.25, 0.3) is 11.2 Å². The molecule has 0 amide bonds. The molecule has 2 aromatic heterocycles. The molecule has 1 N–H and O–H groups in total. The minimum atomic E-state index is -0.743. The number of thiocarbonyl (C=S) groups is 1. The Morgan fingerprint density at radius 3 is 2.95 bits per heavy atom. The number of hydrogen-bond donors (Lipinski definition) is 1. The van der Waals surface area contributed by atoms with Crippen molar-refractivity contribution in [3.05, 3.63) is 20.8 Å². The molecule has 2 saturated heterocycles. The quantitative estimate of drug-likeness (QED) is 0.571. The molecular weight excluding hydrogens is 302 g/mol. The molecule has 0 aromatic carbocycles. The standard InChI is InChI=1S/C10H7N5O5S/c16-6-3-7-14(13-12-3)1-2-4-5(20-10(21)19-4)8(18-2)15(7)9(17)11-6/h2,4-5,8H,1H2,(H,11,16,17)/t2-,4?,5?,8-/m1/s1. The van der Waals surface area contributed by atoms with Gasteiger partial charge in [-0.15, -0.1) is 5.10 Å². The van der Waals surface area contributed by atoms with Gasteiger partial charge in [0.25, 0.3) is 5.56 Å². The largest absolute Gasteiger partial charge is 0.447 e. The van der Waals surface area contributed by atoms with Crippen LogP contribution in [0.4, 0.5) is 0 Å². The van der Waals surface area contributed by atoms with E-state index in [1.54, 1.807) is 0 Å². The van der Waals surface area contributed by atoms with Crippen molar-refractivity contribution in [2.75, 3.05) is 0 Å². The van der Waals surface area contributed by atoms with Gasteiger partial charge in [-0.1, -0.05) is 5.21 Å². The molecule has 2 fully saturated rings. The van der Waals surface area contributed by atoms with E-state index in [0.717, 1.165) is 0 Å². The van der Waals surface area contributed by atoms with Gasteiger partial charge in [0.15, 0.2) is 29.6 Å². The summed E-state index contributed by atoms with van der Waals surface area (Å²) in [5.41, 5.74) is -0.783. The molecule has 4 atom stereocenters. The van der Waals surface area contributed by atoms with Crippen molar-refractivity contribution in [1.82, 2.24) is 24.5 Å². The van der Waals surface area contributed by atoms with Crippen LogP contribution in [0.1, 0.15) is 6.23 Å². The molecule has 3 aliphatic heterocycles. The highest BCUT2D eigenvalue weighted by molar-refractivity contribution is 7.79. The van der Waals surface area contributed by atoms with Crippen LogP contribution in [0.3, 0.4) is 0 Å². The maximum atomic E-state index is 12.2. The third-order valence-corrected chi connectivity index (χ3v) is 4.14. The lowest BCUT2D eigenvalue weighted by atomic mass is 10.1. The van der Waals surface area contributed by atoms with Gasteiger partial charge < -0.3 is 14.2 Å². The van der Waals surface area contributed by atoms with E-state index < -0.39 is 29.7 Å². The summed E-state index contributed by atoms with van der Waals surface area (Å²) in [7, 11) is 0. The van der Waals surface area contributed by atoms with Gasteiger partial charge in [-0.25, -0.2) is 14.0 Å². The van der Waals surface area contributed by atoms with Crippen LogP contribution in [0.2, 0.25) is 0 Å². The highest BCUT2D eigenvalue weighted by Gasteiger charge is 2.56. The first-order valence-corrected chi connectivity index (χ1v) is 6.65. The van der Waals surface area contributed by atoms with Crippen molar-refractivity contribution in [2.24, 2.45) is 0 Å². The fourth-order valence-electron chi connectivity index (χ4n) is 3.12. The van der Waals surface area contributed by atoms with Gasteiger partial charge in [-0.05, 0) is 0 Å². The summed E-state index contributed by atoms with van der Waals surface area (Å²) in [6, 6.07) is 0. The average Bonchev–Trinajstić information content (AvgIpc) is 3.04. The van der Waals surface area contributed by atoms with Crippen molar-refractivity contribution >= 4 is 28.6 Å². The zero-order valence-corrected chi connectivity index (χ0v) is 11.1. The van der Waals surface area contributed by atoms with Crippen LogP contribution in [0, 0.1) is 0 Å². The number of aromatic amines is 1. The van der Waals surface area contributed by atoms with Gasteiger partial charge in [0.1, 0.15) is 6.10 Å². The van der Waals surface area contributed by atoms with Crippen molar-refractivity contribution in [2.45, 2.75) is 31.1 Å². The molecule has 108 valence electrons. The molecule has 0 saturated carbocycles. The van der Waals surface area contributed by atoms with Gasteiger partial charge in [0, 0.05) is 12.2 Å². The smallest absolute Gasteiger partial charge is 0.353 e. The van der Waals surface area contributed by atoms with E-state index in [0.29, 0.717) is 12.2 Å². The lowest BCUT2D eigenvalue weighted by Crippen LogP contribution is -2.39. The zero-order valence-electron chi connectivity index (χ0n) is 10.3. The third kappa shape index (κ3) is 1.27. The van der Waals surface area contributed by atoms with E-state index in [-0.39, 0.29) is 16.9 Å². The number of ether oxygens (including phenoxy) is 3. The van der Waals surface area contributed by atoms with Gasteiger partial charge in [0.2, 0.25) is 0 Å². The molecule has 0 radical (unpaired) electrons. The van der Waals surface area contributed by atoms with Gasteiger partial charge in [-0.3, -0.25) is 9.78 Å². The Hall–Kier alpha value is -2.27. The van der Waals surface area contributed by atoms with E-state index in [9.17, 15) is 9.59 Å². The van der Waals surface area contributed by atoms with Crippen molar-refractivity contribution < 1.29 is 14.2 Å². The van der Waals surface area contributed by atoms with Crippen molar-refractivity contribution in [3.63, 3.8) is 0 Å². The summed E-state index contributed by atoms with van der Waals surface area (Å²) in [5, 5.41) is 7.78. The molecule has 2 unspecified atom stereocenters. The second-order valence-electron chi connectivity index (χ2n) is 5.05. The predicted molar refractivity (Wildman–Crippen MR) is 68.7 cm³/mol. The first kappa shape index (κ1) is 11.4. The number of rotatable bonds is 0. The lowest BCUT2D eigenvalue weighted by molar-refractivity contribution is -0.0436. The van der Waals surface area contributed by atoms with Crippen LogP contribution < -0.4 is 11.2 Å². The van der Waals surface area contributed by atoms with Crippen LogP contribution >= 0.6 is 12.2 Å². The number of hydrogen-bond acceptors (Lipinski definition) is 8. The lowest BCUT2D eigenvalue weighted by Gasteiger charge is -2.17. The highest BCUT2D eigenvalue weighted by Crippen LogP contribution is 2.40. The maximum absolute atomic E-state index is 12.2. The first-order valence-electron chi connectivity index (χ1n) is 6.24. The molecule has 21 heavy (non-hydrogen) atoms. The van der Waals surface area contributed by atoms with Gasteiger partial charge in [-0.2, -0.15) is 0 Å². The molecule has 5 heterocycles. The summed E-state index contributed by atoms with van der Waals surface area (Å²) in [6.45, 7) is 0.295. The Morgan fingerprint density at radius 1 is 1.29 bits per heavy atom. The maximum Gasteiger partial charge on any atom is 0.353 e. The van der Waals surface area contributed by atoms with Gasteiger partial charge >= 0.3 is 10.9 Å². The molecule has 5 rings (SSSR count).